The zero-order valence-corrected chi connectivity index (χ0v) is 31.0. The van der Waals surface area contributed by atoms with Gasteiger partial charge in [0.05, 0.1) is 5.41 Å². The van der Waals surface area contributed by atoms with Crippen LogP contribution in [-0.4, -0.2) is 15.0 Å². The molecule has 0 bridgehead atoms. The van der Waals surface area contributed by atoms with Gasteiger partial charge in [0.2, 0.25) is 0 Å². The largest absolute Gasteiger partial charge is 0.208 e. The van der Waals surface area contributed by atoms with Crippen LogP contribution in [0.2, 0.25) is 0 Å². The lowest BCUT2D eigenvalue weighted by Gasteiger charge is -2.34. The molecule has 0 aliphatic heterocycles. The molecule has 0 atom stereocenters. The number of rotatable bonds is 6. The van der Waals surface area contributed by atoms with Gasteiger partial charge in [-0.1, -0.05) is 182 Å². The van der Waals surface area contributed by atoms with Crippen molar-refractivity contribution in [2.45, 2.75) is 5.41 Å². The number of fused-ring (bicyclic) bond motifs is 5. The van der Waals surface area contributed by atoms with E-state index >= 15 is 0 Å². The molecule has 10 aromatic rings. The van der Waals surface area contributed by atoms with E-state index in [1.165, 1.54) is 49.5 Å². The molecule has 0 spiro atoms. The van der Waals surface area contributed by atoms with Crippen molar-refractivity contribution in [3.63, 3.8) is 0 Å². The second-order valence-electron chi connectivity index (χ2n) is 14.8. The molecule has 0 saturated carbocycles. The van der Waals surface area contributed by atoms with Gasteiger partial charge in [0.25, 0.3) is 0 Å². The van der Waals surface area contributed by atoms with Gasteiger partial charge >= 0.3 is 0 Å². The summed E-state index contributed by atoms with van der Waals surface area (Å²) in [6, 6.07) is 76.1. The second-order valence-corrected chi connectivity index (χ2v) is 14.8. The highest BCUT2D eigenvalue weighted by atomic mass is 15.0. The van der Waals surface area contributed by atoms with Gasteiger partial charge in [-0.25, -0.2) is 15.0 Å². The van der Waals surface area contributed by atoms with E-state index in [0.29, 0.717) is 17.5 Å². The van der Waals surface area contributed by atoms with Gasteiger partial charge in [-0.05, 0) is 96.4 Å². The molecular formula is C54H35N3. The lowest BCUT2D eigenvalue weighted by molar-refractivity contribution is 0.769. The molecule has 0 N–H and O–H groups in total. The Morgan fingerprint density at radius 3 is 1.46 bits per heavy atom. The summed E-state index contributed by atoms with van der Waals surface area (Å²) < 4.78 is 0. The van der Waals surface area contributed by atoms with E-state index in [4.69, 9.17) is 15.0 Å². The maximum Gasteiger partial charge on any atom is 0.164 e. The van der Waals surface area contributed by atoms with Crippen LogP contribution in [0.1, 0.15) is 22.3 Å². The lowest BCUT2D eigenvalue weighted by Crippen LogP contribution is -2.28. The van der Waals surface area contributed by atoms with E-state index in [1.54, 1.807) is 0 Å². The van der Waals surface area contributed by atoms with Crippen molar-refractivity contribution in [3.8, 4) is 56.4 Å². The zero-order chi connectivity index (χ0) is 37.8. The van der Waals surface area contributed by atoms with Crippen molar-refractivity contribution in [1.82, 2.24) is 15.0 Å². The van der Waals surface area contributed by atoms with E-state index in [9.17, 15) is 0 Å². The van der Waals surface area contributed by atoms with Gasteiger partial charge in [-0.3, -0.25) is 0 Å². The molecule has 1 aromatic heterocycles. The molecule has 1 aliphatic rings. The molecule has 0 radical (unpaired) electrons. The first-order valence-corrected chi connectivity index (χ1v) is 19.4. The third-order valence-corrected chi connectivity index (χ3v) is 11.5. The molecule has 1 aliphatic carbocycles. The smallest absolute Gasteiger partial charge is 0.164 e. The van der Waals surface area contributed by atoms with Crippen LogP contribution in [0.25, 0.3) is 78.0 Å². The minimum atomic E-state index is -0.461. The molecule has 0 amide bonds. The van der Waals surface area contributed by atoms with Crippen LogP contribution < -0.4 is 0 Å². The van der Waals surface area contributed by atoms with Crippen molar-refractivity contribution in [1.29, 1.82) is 0 Å². The van der Waals surface area contributed by atoms with Crippen molar-refractivity contribution in [2.24, 2.45) is 0 Å². The predicted octanol–water partition coefficient (Wildman–Crippen LogP) is 13.2. The average Bonchev–Trinajstić information content (AvgIpc) is 3.58. The maximum atomic E-state index is 5.10. The summed E-state index contributed by atoms with van der Waals surface area (Å²) in [7, 11) is 0. The fourth-order valence-corrected chi connectivity index (χ4v) is 8.97. The number of hydrogen-bond acceptors (Lipinski definition) is 3. The Bertz CT molecular complexity index is 3010. The van der Waals surface area contributed by atoms with Gasteiger partial charge in [0.1, 0.15) is 0 Å². The zero-order valence-electron chi connectivity index (χ0n) is 31.0. The number of benzene rings is 9. The maximum absolute atomic E-state index is 5.10. The Balaban J connectivity index is 1.13. The highest BCUT2D eigenvalue weighted by molar-refractivity contribution is 6.03. The van der Waals surface area contributed by atoms with Gasteiger partial charge in [0, 0.05) is 16.7 Å². The van der Waals surface area contributed by atoms with Crippen molar-refractivity contribution in [3.05, 3.63) is 235 Å². The van der Waals surface area contributed by atoms with Crippen molar-refractivity contribution in [2.75, 3.05) is 0 Å². The highest BCUT2D eigenvalue weighted by Crippen LogP contribution is 2.57. The van der Waals surface area contributed by atoms with Crippen LogP contribution in [0.3, 0.4) is 0 Å². The normalized spacial score (nSPS) is 12.7. The predicted molar refractivity (Wildman–Crippen MR) is 234 cm³/mol. The standard InChI is InChI=1S/C54H35N3/c1-5-17-36(18-6-1)51-55-52(37-19-7-2-8-20-37)57-53(56-51)42-32-39-21-13-14-26-45(39)47(34-42)40-30-29-38-33-48-46-27-15-16-28-49(46)54(43-22-9-3-10-23-43,44-24-11-4-12-25-44)50(48)35-41(38)31-40/h1-35H. The molecule has 3 nitrogen and oxygen atoms in total. The Morgan fingerprint density at radius 2 is 0.807 bits per heavy atom. The third kappa shape index (κ3) is 5.39. The summed E-state index contributed by atoms with van der Waals surface area (Å²) in [5.74, 6) is 1.94. The van der Waals surface area contributed by atoms with Gasteiger partial charge in [-0.2, -0.15) is 0 Å². The molecule has 3 heteroatoms. The summed E-state index contributed by atoms with van der Waals surface area (Å²) in [5.41, 5.74) is 12.4. The molecule has 0 fully saturated rings. The van der Waals surface area contributed by atoms with Crippen LogP contribution >= 0.6 is 0 Å². The number of nitrogens with zero attached hydrogens (tertiary/aromatic N) is 3. The van der Waals surface area contributed by atoms with Gasteiger partial charge < -0.3 is 0 Å². The van der Waals surface area contributed by atoms with E-state index in [2.05, 4.69) is 152 Å². The summed E-state index contributed by atoms with van der Waals surface area (Å²) in [6.45, 7) is 0. The van der Waals surface area contributed by atoms with Crippen LogP contribution in [0, 0.1) is 0 Å². The Hall–Kier alpha value is -7.49. The number of aromatic nitrogens is 3. The van der Waals surface area contributed by atoms with E-state index in [1.807, 2.05) is 60.7 Å². The monoisotopic (exact) mass is 725 g/mol. The van der Waals surface area contributed by atoms with Crippen LogP contribution in [0.4, 0.5) is 0 Å². The van der Waals surface area contributed by atoms with Crippen LogP contribution in [0.15, 0.2) is 212 Å². The first-order valence-electron chi connectivity index (χ1n) is 19.4. The minimum absolute atomic E-state index is 0.461. The van der Waals surface area contributed by atoms with Crippen LogP contribution in [0.5, 0.6) is 0 Å². The fourth-order valence-electron chi connectivity index (χ4n) is 8.97. The van der Waals surface area contributed by atoms with Gasteiger partial charge in [0.15, 0.2) is 17.5 Å². The SMILES string of the molecule is c1ccc(-c2nc(-c3ccccc3)nc(-c3cc(-c4ccc5cc6c(cc5c4)C(c4ccccc4)(c4ccccc4)c4ccccc4-6)c4ccccc4c3)n2)cc1. The molecule has 0 saturated heterocycles. The molecule has 0 unspecified atom stereocenters. The third-order valence-electron chi connectivity index (χ3n) is 11.5. The number of hydrogen-bond donors (Lipinski definition) is 0. The molecule has 266 valence electrons. The fraction of sp³-hybridized carbons (Fsp3) is 0.0185. The van der Waals surface area contributed by atoms with E-state index in [0.717, 1.165) is 33.2 Å². The van der Waals surface area contributed by atoms with Crippen LogP contribution in [-0.2, 0) is 5.41 Å². The van der Waals surface area contributed by atoms with Crippen molar-refractivity contribution >= 4 is 21.5 Å². The Kier molecular flexibility index (Phi) is 7.71. The first-order chi connectivity index (χ1) is 28.2. The Labute approximate surface area is 331 Å². The van der Waals surface area contributed by atoms with E-state index < -0.39 is 5.41 Å². The Morgan fingerprint density at radius 1 is 0.281 bits per heavy atom. The minimum Gasteiger partial charge on any atom is -0.208 e. The van der Waals surface area contributed by atoms with Crippen molar-refractivity contribution < 1.29 is 0 Å². The summed E-state index contributed by atoms with van der Waals surface area (Å²) in [4.78, 5) is 15.2. The quantitative estimate of drug-likeness (QED) is 0.171. The molecular weight excluding hydrogens is 691 g/mol. The highest BCUT2D eigenvalue weighted by Gasteiger charge is 2.46. The topological polar surface area (TPSA) is 38.7 Å². The first kappa shape index (κ1) is 32.9. The van der Waals surface area contributed by atoms with E-state index in [-0.39, 0.29) is 0 Å². The molecule has 11 rings (SSSR count). The van der Waals surface area contributed by atoms with Gasteiger partial charge in [-0.15, -0.1) is 0 Å². The summed E-state index contributed by atoms with van der Waals surface area (Å²) >= 11 is 0. The lowest BCUT2D eigenvalue weighted by atomic mass is 9.67. The summed E-state index contributed by atoms with van der Waals surface area (Å²) in [5, 5.41) is 4.71. The average molecular weight is 726 g/mol. The molecule has 57 heavy (non-hydrogen) atoms. The second kappa shape index (κ2) is 13.4. The molecule has 1 heterocycles. The summed E-state index contributed by atoms with van der Waals surface area (Å²) in [6.07, 6.45) is 0. The molecule has 9 aromatic carbocycles.